The van der Waals surface area contributed by atoms with Gasteiger partial charge in [-0.1, -0.05) is 5.16 Å². The van der Waals surface area contributed by atoms with E-state index in [1.165, 1.54) is 12.8 Å². The van der Waals surface area contributed by atoms with Crippen LogP contribution in [0.15, 0.2) is 4.52 Å². The minimum absolute atomic E-state index is 0. The molecule has 1 saturated heterocycles. The third-order valence-electron chi connectivity index (χ3n) is 6.34. The predicted molar refractivity (Wildman–Crippen MR) is 102 cm³/mol. The summed E-state index contributed by atoms with van der Waals surface area (Å²) in [4.78, 5) is 21.6. The number of amides is 1. The molecule has 0 radical (unpaired) electrons. The molecular formula is C17H29Cl2N5O2. The van der Waals surface area contributed by atoms with Crippen molar-refractivity contribution in [3.63, 3.8) is 0 Å². The third kappa shape index (κ3) is 3.72. The first-order chi connectivity index (χ1) is 11.5. The van der Waals surface area contributed by atoms with Crippen LogP contribution in [0, 0.1) is 24.7 Å². The summed E-state index contributed by atoms with van der Waals surface area (Å²) in [6.07, 6.45) is 3.55. The summed E-state index contributed by atoms with van der Waals surface area (Å²) in [7, 11) is 0. The number of fused-ring (bicyclic) bond motifs is 2. The second-order valence-corrected chi connectivity index (χ2v) is 7.65. The van der Waals surface area contributed by atoms with Crippen molar-refractivity contribution < 1.29 is 9.32 Å². The minimum atomic E-state index is 0. The Labute approximate surface area is 166 Å². The molecule has 2 bridgehead atoms. The summed E-state index contributed by atoms with van der Waals surface area (Å²) < 4.78 is 5.28. The summed E-state index contributed by atoms with van der Waals surface area (Å²) in [5.41, 5.74) is 6.34. The van der Waals surface area contributed by atoms with Gasteiger partial charge in [-0.3, -0.25) is 9.69 Å². The van der Waals surface area contributed by atoms with Crippen LogP contribution in [0.1, 0.15) is 43.9 Å². The number of rotatable bonds is 3. The second-order valence-electron chi connectivity index (χ2n) is 7.65. The lowest BCUT2D eigenvalue weighted by atomic mass is 9.84. The number of piperazine rings is 1. The van der Waals surface area contributed by atoms with Crippen molar-refractivity contribution in [3.8, 4) is 0 Å². The lowest BCUT2D eigenvalue weighted by molar-refractivity contribution is -0.140. The van der Waals surface area contributed by atoms with Gasteiger partial charge in [0, 0.05) is 32.2 Å². The van der Waals surface area contributed by atoms with Crippen molar-refractivity contribution in [1.29, 1.82) is 0 Å². The molecule has 1 aromatic rings. The summed E-state index contributed by atoms with van der Waals surface area (Å²) >= 11 is 0. The van der Waals surface area contributed by atoms with Crippen LogP contribution in [0.2, 0.25) is 0 Å². The van der Waals surface area contributed by atoms with E-state index >= 15 is 0 Å². The van der Waals surface area contributed by atoms with Gasteiger partial charge in [0.15, 0.2) is 5.82 Å². The molecule has 0 spiro atoms. The third-order valence-corrected chi connectivity index (χ3v) is 6.34. The van der Waals surface area contributed by atoms with E-state index < -0.39 is 0 Å². The summed E-state index contributed by atoms with van der Waals surface area (Å²) in [6, 6.07) is 0.169. The maximum Gasteiger partial charge on any atom is 0.243 e. The minimum Gasteiger partial charge on any atom is -0.340 e. The molecule has 3 aliphatic rings. The Balaban J connectivity index is 0.00000121. The number of hydrogen-bond acceptors (Lipinski definition) is 6. The molecule has 2 N–H and O–H groups in total. The first-order valence-electron chi connectivity index (χ1n) is 9.13. The number of carbonyl (C=O) groups is 1. The van der Waals surface area contributed by atoms with E-state index in [4.69, 9.17) is 10.3 Å². The summed E-state index contributed by atoms with van der Waals surface area (Å²) in [5.74, 6) is 2.77. The standard InChI is InChI=1S/C17H27N5O2.2ClH/c1-10(16-19-11(2)20-24-16)21-5-7-22(8-6-21)17(23)14-12-3-4-13(9-12)15(14)18;;/h10,12-15H,3-9,18H2,1-2H3;2*1H. The molecule has 4 rings (SSSR count). The Kier molecular flexibility index (Phi) is 6.93. The highest BCUT2D eigenvalue weighted by Crippen LogP contribution is 2.48. The molecule has 3 fully saturated rings. The van der Waals surface area contributed by atoms with Crippen molar-refractivity contribution >= 4 is 30.7 Å². The van der Waals surface area contributed by atoms with E-state index in [-0.39, 0.29) is 48.7 Å². The summed E-state index contributed by atoms with van der Waals surface area (Å²) in [5, 5.41) is 3.87. The van der Waals surface area contributed by atoms with Crippen LogP contribution in [0.5, 0.6) is 0 Å². The van der Waals surface area contributed by atoms with Crippen LogP contribution in [0.3, 0.4) is 0 Å². The Morgan fingerprint density at radius 3 is 2.38 bits per heavy atom. The first kappa shape index (κ1) is 21.4. The Hall–Kier alpha value is -0.890. The van der Waals surface area contributed by atoms with E-state index in [9.17, 15) is 4.79 Å². The van der Waals surface area contributed by atoms with Gasteiger partial charge in [-0.25, -0.2) is 0 Å². The van der Waals surface area contributed by atoms with Crippen LogP contribution in [0.25, 0.3) is 0 Å². The van der Waals surface area contributed by atoms with Crippen molar-refractivity contribution in [2.24, 2.45) is 23.5 Å². The molecule has 2 heterocycles. The predicted octanol–water partition coefficient (Wildman–Crippen LogP) is 1.80. The van der Waals surface area contributed by atoms with E-state index in [0.717, 1.165) is 32.6 Å². The average molecular weight is 406 g/mol. The average Bonchev–Trinajstić information content (AvgIpc) is 3.30. The molecular weight excluding hydrogens is 377 g/mol. The second kappa shape index (κ2) is 8.42. The number of halogens is 2. The molecule has 0 aromatic carbocycles. The van der Waals surface area contributed by atoms with Gasteiger partial charge < -0.3 is 15.2 Å². The zero-order chi connectivity index (χ0) is 16.8. The zero-order valence-corrected chi connectivity index (χ0v) is 17.0. The van der Waals surface area contributed by atoms with Crippen LogP contribution in [-0.2, 0) is 4.79 Å². The van der Waals surface area contributed by atoms with Gasteiger partial charge in [-0.15, -0.1) is 24.8 Å². The molecule has 148 valence electrons. The molecule has 7 nitrogen and oxygen atoms in total. The Morgan fingerprint density at radius 2 is 1.85 bits per heavy atom. The van der Waals surface area contributed by atoms with Crippen LogP contribution >= 0.6 is 24.8 Å². The van der Waals surface area contributed by atoms with Gasteiger partial charge in [0.25, 0.3) is 0 Å². The zero-order valence-electron chi connectivity index (χ0n) is 15.3. The quantitative estimate of drug-likeness (QED) is 0.824. The van der Waals surface area contributed by atoms with Crippen LogP contribution in [0.4, 0.5) is 0 Å². The monoisotopic (exact) mass is 405 g/mol. The highest BCUT2D eigenvalue weighted by molar-refractivity contribution is 5.85. The number of hydrogen-bond donors (Lipinski definition) is 1. The molecule has 9 heteroatoms. The van der Waals surface area contributed by atoms with Crippen molar-refractivity contribution in [2.45, 2.75) is 45.2 Å². The molecule has 1 aromatic heterocycles. The largest absolute Gasteiger partial charge is 0.340 e. The van der Waals surface area contributed by atoms with Gasteiger partial charge in [0.2, 0.25) is 11.8 Å². The highest BCUT2D eigenvalue weighted by atomic mass is 35.5. The van der Waals surface area contributed by atoms with Gasteiger partial charge in [-0.05, 0) is 44.9 Å². The first-order valence-corrected chi connectivity index (χ1v) is 9.13. The molecule has 5 unspecified atom stereocenters. The van der Waals surface area contributed by atoms with Crippen molar-refractivity contribution in [2.75, 3.05) is 26.2 Å². The fourth-order valence-corrected chi connectivity index (χ4v) is 4.88. The lowest BCUT2D eigenvalue weighted by Crippen LogP contribution is -2.54. The normalized spacial score (nSPS) is 32.0. The number of nitrogens with two attached hydrogens (primary N) is 1. The smallest absolute Gasteiger partial charge is 0.243 e. The van der Waals surface area contributed by atoms with Crippen LogP contribution < -0.4 is 5.73 Å². The summed E-state index contributed by atoms with van der Waals surface area (Å²) in [6.45, 7) is 7.10. The maximum absolute atomic E-state index is 12.9. The van der Waals surface area contributed by atoms with Gasteiger partial charge >= 0.3 is 0 Å². The molecule has 26 heavy (non-hydrogen) atoms. The molecule has 2 aliphatic carbocycles. The molecule has 1 amide bonds. The van der Waals surface area contributed by atoms with Gasteiger partial charge in [0.1, 0.15) is 0 Å². The molecule has 5 atom stereocenters. The van der Waals surface area contributed by atoms with Crippen molar-refractivity contribution in [1.82, 2.24) is 19.9 Å². The fourth-order valence-electron chi connectivity index (χ4n) is 4.88. The number of nitrogens with zero attached hydrogens (tertiary/aromatic N) is 4. The van der Waals surface area contributed by atoms with E-state index in [0.29, 0.717) is 23.6 Å². The fraction of sp³-hybridized carbons (Fsp3) is 0.824. The van der Waals surface area contributed by atoms with E-state index in [1.54, 1.807) is 0 Å². The topological polar surface area (TPSA) is 88.5 Å². The molecule has 2 saturated carbocycles. The van der Waals surface area contributed by atoms with E-state index in [2.05, 4.69) is 22.0 Å². The van der Waals surface area contributed by atoms with Gasteiger partial charge in [0.05, 0.1) is 12.0 Å². The number of aryl methyl sites for hydroxylation is 1. The molecule has 1 aliphatic heterocycles. The van der Waals surface area contributed by atoms with Gasteiger partial charge in [-0.2, -0.15) is 4.98 Å². The van der Waals surface area contributed by atoms with Crippen LogP contribution in [-0.4, -0.2) is 58.1 Å². The Morgan fingerprint density at radius 1 is 1.19 bits per heavy atom. The van der Waals surface area contributed by atoms with E-state index in [1.807, 2.05) is 11.8 Å². The highest BCUT2D eigenvalue weighted by Gasteiger charge is 2.50. The Bertz CT molecular complexity index is 618. The number of carbonyl (C=O) groups excluding carboxylic acids is 1. The lowest BCUT2D eigenvalue weighted by Gasteiger charge is -2.39. The number of aromatic nitrogens is 2. The maximum atomic E-state index is 12.9. The SMILES string of the molecule is Cc1noc(C(C)N2CCN(C(=O)C3C4CCC(C4)C3N)CC2)n1.Cl.Cl. The van der Waals surface area contributed by atoms with Crippen molar-refractivity contribution in [3.05, 3.63) is 11.7 Å².